The number of piperidine rings is 1. The predicted octanol–water partition coefficient (Wildman–Crippen LogP) is -1.36. The Morgan fingerprint density at radius 3 is 2.40 bits per heavy atom. The molecule has 0 saturated carbocycles. The zero-order chi connectivity index (χ0) is 25.7. The van der Waals surface area contributed by atoms with Crippen molar-refractivity contribution in [3.8, 4) is 0 Å². The van der Waals surface area contributed by atoms with Gasteiger partial charge in [0.15, 0.2) is 0 Å². The fourth-order valence-corrected chi connectivity index (χ4v) is 4.63. The van der Waals surface area contributed by atoms with Crippen LogP contribution in [0.1, 0.15) is 39.9 Å². The number of hydrogen-bond acceptors (Lipinski definition) is 4. The van der Waals surface area contributed by atoms with Crippen LogP contribution in [0, 0.1) is 0 Å². The van der Waals surface area contributed by atoms with E-state index in [-0.39, 0.29) is 36.2 Å². The van der Waals surface area contributed by atoms with Crippen LogP contribution in [0.25, 0.3) is 0 Å². The molecular weight excluding hydrogens is 476 g/mol. The minimum atomic E-state index is -3.79. The van der Waals surface area contributed by atoms with E-state index in [0.29, 0.717) is 22.2 Å². The average molecular weight is 497 g/mol. The lowest BCUT2D eigenvalue weighted by Gasteiger charge is -2.30. The molecule has 1 saturated heterocycles. The van der Waals surface area contributed by atoms with Gasteiger partial charge in [0.2, 0.25) is 11.8 Å². The summed E-state index contributed by atoms with van der Waals surface area (Å²) in [6, 6.07) is 7.38. The summed E-state index contributed by atoms with van der Waals surface area (Å²) in [5.41, 5.74) is 1.72. The number of carbonyl (C=O) groups is 4. The van der Waals surface area contributed by atoms with Crippen LogP contribution in [0.15, 0.2) is 36.4 Å². The summed E-state index contributed by atoms with van der Waals surface area (Å²) in [4.78, 5) is 50.9. The SMILES string of the molecule is Bc1cc(C(B)(B)NC(=O)C(F)(F)c2ccc(Cl)cc2)cc2c1C(=O)N(C1CCC(=O)NC1=O)C2. The van der Waals surface area contributed by atoms with Gasteiger partial charge >= 0.3 is 5.92 Å². The minimum absolute atomic E-state index is 0.139. The zero-order valence-electron chi connectivity index (χ0n) is 19.4. The van der Waals surface area contributed by atoms with Crippen molar-refractivity contribution in [1.82, 2.24) is 15.5 Å². The summed E-state index contributed by atoms with van der Waals surface area (Å²) in [7, 11) is 4.91. The van der Waals surface area contributed by atoms with Crippen molar-refractivity contribution in [3.05, 3.63) is 63.7 Å². The molecular formula is C22H21B3ClF2N3O4. The molecule has 2 aromatic carbocycles. The van der Waals surface area contributed by atoms with Crippen LogP contribution in [0.3, 0.4) is 0 Å². The third-order valence-electron chi connectivity index (χ3n) is 6.46. The van der Waals surface area contributed by atoms with E-state index in [1.807, 2.05) is 0 Å². The predicted molar refractivity (Wildman–Crippen MR) is 133 cm³/mol. The minimum Gasteiger partial charge on any atom is -0.357 e. The molecule has 1 fully saturated rings. The van der Waals surface area contributed by atoms with E-state index in [2.05, 4.69) is 10.6 Å². The summed E-state index contributed by atoms with van der Waals surface area (Å²) >= 11 is 5.76. The van der Waals surface area contributed by atoms with Crippen molar-refractivity contribution in [2.45, 2.75) is 36.7 Å². The Kier molecular flexibility index (Phi) is 6.29. The Labute approximate surface area is 208 Å². The summed E-state index contributed by atoms with van der Waals surface area (Å²) in [6.45, 7) is 0.139. The molecule has 0 bridgehead atoms. The fraction of sp³-hybridized carbons (Fsp3) is 0.273. The molecule has 4 amide bonds. The van der Waals surface area contributed by atoms with Crippen LogP contribution in [0.5, 0.6) is 0 Å². The summed E-state index contributed by atoms with van der Waals surface area (Å²) < 4.78 is 29.7. The first-order chi connectivity index (χ1) is 16.3. The van der Waals surface area contributed by atoms with Crippen molar-refractivity contribution in [2.24, 2.45) is 0 Å². The second-order valence-electron chi connectivity index (χ2n) is 9.39. The van der Waals surface area contributed by atoms with Crippen LogP contribution < -0.4 is 16.1 Å². The molecule has 0 radical (unpaired) electrons. The number of imide groups is 1. The number of halogens is 3. The van der Waals surface area contributed by atoms with Crippen LogP contribution in [0.4, 0.5) is 8.78 Å². The lowest BCUT2D eigenvalue weighted by molar-refractivity contribution is -0.147. The molecule has 0 aromatic heterocycles. The third kappa shape index (κ3) is 4.59. The van der Waals surface area contributed by atoms with Gasteiger partial charge < -0.3 is 10.2 Å². The summed E-state index contributed by atoms with van der Waals surface area (Å²) in [5, 5.41) is 3.76. The fourth-order valence-electron chi connectivity index (χ4n) is 4.51. The standard InChI is InChI=1S/C22H21B3ClF2N3O4/c23-14-8-12(22(24,25)30-20(35)21(27,28)11-1-3-13(26)4-2-11)7-10-9-31(19(34)17(10)14)15-5-6-16(32)29-18(15)33/h1-4,7-8,15H,5-6,9,23-25H2,(H,30,35)(H,29,32,33). The van der Waals surface area contributed by atoms with Gasteiger partial charge in [-0.25, -0.2) is 0 Å². The Hall–Kier alpha value is -3.14. The number of fused-ring (bicyclic) bond motifs is 1. The van der Waals surface area contributed by atoms with E-state index >= 15 is 0 Å². The number of carbonyl (C=O) groups excluding carboxylic acids is 4. The molecule has 0 aliphatic carbocycles. The quantitative estimate of drug-likeness (QED) is 0.395. The number of amides is 4. The van der Waals surface area contributed by atoms with Crippen LogP contribution >= 0.6 is 11.6 Å². The number of nitrogens with one attached hydrogen (secondary N) is 2. The van der Waals surface area contributed by atoms with Gasteiger partial charge in [0.25, 0.3) is 11.8 Å². The van der Waals surface area contributed by atoms with Gasteiger partial charge in [0.1, 0.15) is 29.6 Å². The molecule has 2 aliphatic rings. The summed E-state index contributed by atoms with van der Waals surface area (Å²) in [5.74, 6) is -6.47. The van der Waals surface area contributed by atoms with E-state index in [0.717, 1.165) is 12.1 Å². The second kappa shape index (κ2) is 8.82. The van der Waals surface area contributed by atoms with Gasteiger partial charge in [-0.05, 0) is 29.7 Å². The molecule has 4 rings (SSSR count). The Balaban J connectivity index is 1.58. The highest BCUT2D eigenvalue weighted by molar-refractivity contribution is 6.42. The number of alkyl halides is 2. The molecule has 0 spiro atoms. The van der Waals surface area contributed by atoms with E-state index in [1.54, 1.807) is 35.7 Å². The van der Waals surface area contributed by atoms with Crippen molar-refractivity contribution in [2.75, 3.05) is 0 Å². The molecule has 2 aliphatic heterocycles. The largest absolute Gasteiger partial charge is 0.357 e. The van der Waals surface area contributed by atoms with Gasteiger partial charge in [0, 0.05) is 34.5 Å². The van der Waals surface area contributed by atoms with Crippen LogP contribution in [-0.4, -0.2) is 58.1 Å². The number of nitrogens with zero attached hydrogens (tertiary/aromatic N) is 1. The Morgan fingerprint density at radius 1 is 1.11 bits per heavy atom. The van der Waals surface area contributed by atoms with Gasteiger partial charge in [-0.3, -0.25) is 24.5 Å². The third-order valence-corrected chi connectivity index (χ3v) is 6.71. The van der Waals surface area contributed by atoms with Gasteiger partial charge in [-0.1, -0.05) is 41.3 Å². The average Bonchev–Trinajstić information content (AvgIpc) is 3.10. The lowest BCUT2D eigenvalue weighted by Crippen LogP contribution is -2.52. The van der Waals surface area contributed by atoms with E-state index in [9.17, 15) is 28.0 Å². The van der Waals surface area contributed by atoms with E-state index in [1.165, 1.54) is 17.0 Å². The van der Waals surface area contributed by atoms with Crippen molar-refractivity contribution < 1.29 is 28.0 Å². The van der Waals surface area contributed by atoms with Gasteiger partial charge in [-0.15, -0.1) is 0 Å². The number of benzene rings is 2. The van der Waals surface area contributed by atoms with Gasteiger partial charge in [0.05, 0.1) is 0 Å². The van der Waals surface area contributed by atoms with Crippen molar-refractivity contribution in [3.63, 3.8) is 0 Å². The second-order valence-corrected chi connectivity index (χ2v) is 9.82. The maximum absolute atomic E-state index is 14.8. The van der Waals surface area contributed by atoms with Crippen LogP contribution in [0.2, 0.25) is 5.02 Å². The van der Waals surface area contributed by atoms with Gasteiger partial charge in [-0.2, -0.15) is 8.78 Å². The molecule has 178 valence electrons. The number of hydrogen-bond donors (Lipinski definition) is 2. The summed E-state index contributed by atoms with van der Waals surface area (Å²) in [6.07, 6.45) is 0.374. The molecule has 2 heterocycles. The Bertz CT molecular complexity index is 1260. The van der Waals surface area contributed by atoms with Crippen molar-refractivity contribution in [1.29, 1.82) is 0 Å². The first-order valence-electron chi connectivity index (χ1n) is 11.1. The smallest absolute Gasteiger partial charge is 0.349 e. The highest BCUT2D eigenvalue weighted by Crippen LogP contribution is 2.32. The van der Waals surface area contributed by atoms with Crippen molar-refractivity contribution >= 4 is 64.2 Å². The first kappa shape index (κ1) is 25.0. The highest BCUT2D eigenvalue weighted by Gasteiger charge is 2.44. The molecule has 13 heteroatoms. The maximum Gasteiger partial charge on any atom is 0.349 e. The normalized spacial score (nSPS) is 18.3. The molecule has 35 heavy (non-hydrogen) atoms. The Morgan fingerprint density at radius 2 is 1.77 bits per heavy atom. The molecule has 2 aromatic rings. The van der Waals surface area contributed by atoms with E-state index in [4.69, 9.17) is 11.6 Å². The topological polar surface area (TPSA) is 95.6 Å². The van der Waals surface area contributed by atoms with E-state index < -0.39 is 34.7 Å². The monoisotopic (exact) mass is 497 g/mol. The molecule has 1 atom stereocenters. The highest BCUT2D eigenvalue weighted by atomic mass is 35.5. The lowest BCUT2D eigenvalue weighted by atomic mass is 9.57. The molecule has 7 nitrogen and oxygen atoms in total. The first-order valence-corrected chi connectivity index (χ1v) is 11.4. The maximum atomic E-state index is 14.8. The van der Waals surface area contributed by atoms with Crippen LogP contribution in [-0.2, 0) is 32.2 Å². The zero-order valence-corrected chi connectivity index (χ0v) is 20.1. The number of rotatable bonds is 5. The molecule has 2 N–H and O–H groups in total. The molecule has 1 unspecified atom stereocenters.